The molecule has 3 saturated heterocycles. The predicted octanol–water partition coefficient (Wildman–Crippen LogP) is 4.59. The van der Waals surface area contributed by atoms with Crippen LogP contribution in [0, 0.1) is 0 Å². The minimum Gasteiger partial charge on any atom is -0.506 e. The van der Waals surface area contributed by atoms with Crippen LogP contribution in [0.1, 0.15) is 125 Å². The molecule has 14 rings (SSSR count). The number of fused-ring (bicyclic) bond motifs is 16. The molecule has 0 unspecified atom stereocenters. The number of nitrogens with one attached hydrogen (secondary N) is 5. The number of likely N-dealkylation sites (N-methyl/N-ethyl adjacent to an activating group) is 1. The quantitative estimate of drug-likeness (QED) is 0.0556. The maximum absolute atomic E-state index is 15.2. The van der Waals surface area contributed by atoms with Gasteiger partial charge < -0.3 is 79.9 Å². The first-order valence-electron chi connectivity index (χ1n) is 31.8. The number of aromatic nitrogens is 7. The Kier molecular flexibility index (Phi) is 19.6. The normalized spacial score (nSPS) is 25.5. The maximum Gasteiger partial charge on any atom is 0.358 e. The molecule has 101 heavy (non-hydrogen) atoms. The molecule has 32 nitrogen and oxygen atoms in total. The lowest BCUT2D eigenvalue weighted by atomic mass is 9.86. The predicted molar refractivity (Wildman–Crippen MR) is 362 cm³/mol. The Hall–Kier alpha value is -8.83. The number of aromatic hydroxyl groups is 1. The molecule has 0 saturated carbocycles. The van der Waals surface area contributed by atoms with Gasteiger partial charge in [-0.1, -0.05) is 12.1 Å². The standard InChI is InChI=1S/C64H66N14O18S5/c1-27(79)43-56(85)74-44(28(2)89-6)59-70-38(25-99-59)55(84)75-47-49-50(96-41-17-64(4)51(29(3)95-41)76(5)26-94-64)63(87)92-18-30-8-7-9-39-42(30)32(19-91-49)48(78(39)88)62(86)93-20-33(66-53(82)36-24-101-61(47)71-36)58-67-34(21-98-58)45-31(57-68-37(23-97-57)54(83)73-43)16-40(80)46(72-45)60-69-35(22-100-60)52(81)65-10-11-77-12-14-90-15-13-77/h7-9,16,21-25,27,29,33,41,43,47,49-51,79-80,88H,10-15,17-20,26H2,1-6H3,(H,65,81)(H,66,82)(H,73,83)(H,74,85)(H,75,84)/b44-28+/t27-,29+,33+,41+,43+,47+,49+,50+,51-,64+/m1/s1. The van der Waals surface area contributed by atoms with Crippen LogP contribution in [0.4, 0.5) is 0 Å². The first kappa shape index (κ1) is 69.3. The number of hydrogen-bond donors (Lipinski definition) is 8. The lowest BCUT2D eigenvalue weighted by molar-refractivity contribution is -0.268. The van der Waals surface area contributed by atoms with Gasteiger partial charge in [0.05, 0.1) is 63.0 Å². The minimum absolute atomic E-state index is 0.0147. The first-order chi connectivity index (χ1) is 48.6. The number of hydrogen-bond acceptors (Lipinski definition) is 31. The van der Waals surface area contributed by atoms with Crippen molar-refractivity contribution in [2.45, 2.75) is 108 Å². The van der Waals surface area contributed by atoms with Crippen molar-refractivity contribution < 1.29 is 86.9 Å². The van der Waals surface area contributed by atoms with Crippen molar-refractivity contribution in [2.24, 2.45) is 0 Å². The molecule has 0 aliphatic carbocycles. The van der Waals surface area contributed by atoms with Crippen LogP contribution in [0.15, 0.2) is 56.9 Å². The number of rotatable bonds is 9. The fourth-order valence-corrected chi connectivity index (χ4v) is 17.2. The number of nitrogens with zero attached hydrogens (tertiary/aromatic N) is 9. The third-order valence-electron chi connectivity index (χ3n) is 18.1. The van der Waals surface area contributed by atoms with Crippen LogP contribution in [0.3, 0.4) is 0 Å². The third kappa shape index (κ3) is 13.7. The van der Waals surface area contributed by atoms with Crippen LogP contribution < -0.4 is 26.6 Å². The average molecular weight is 1480 g/mol. The number of benzene rings is 1. The number of aliphatic hydroxyl groups is 1. The van der Waals surface area contributed by atoms with Crippen molar-refractivity contribution >= 4 is 115 Å². The maximum atomic E-state index is 15.2. The van der Waals surface area contributed by atoms with Crippen LogP contribution in [-0.2, 0) is 60.7 Å². The van der Waals surface area contributed by atoms with E-state index >= 15 is 19.2 Å². The van der Waals surface area contributed by atoms with E-state index in [2.05, 4.69) is 46.4 Å². The molecule has 3 fully saturated rings. The number of amides is 5. The molecule has 0 radical (unpaired) electrons. The number of esters is 2. The summed E-state index contributed by atoms with van der Waals surface area (Å²) >= 11 is 4.80. The largest absolute Gasteiger partial charge is 0.506 e. The Balaban J connectivity index is 0.911. The van der Waals surface area contributed by atoms with Crippen molar-refractivity contribution in [3.8, 4) is 38.4 Å². The number of methoxy groups -OCH3 is 1. The number of pyridine rings is 1. The van der Waals surface area contributed by atoms with Gasteiger partial charge in [-0.3, -0.25) is 33.8 Å². The van der Waals surface area contributed by atoms with E-state index in [4.69, 9.17) is 52.8 Å². The zero-order chi connectivity index (χ0) is 70.7. The summed E-state index contributed by atoms with van der Waals surface area (Å²) in [5.74, 6) is -6.47. The summed E-state index contributed by atoms with van der Waals surface area (Å²) < 4.78 is 50.5. The highest BCUT2D eigenvalue weighted by Gasteiger charge is 2.54. The van der Waals surface area contributed by atoms with Gasteiger partial charge in [0, 0.05) is 76.0 Å². The molecule has 13 heterocycles. The lowest BCUT2D eigenvalue weighted by Crippen LogP contribution is -2.58. The van der Waals surface area contributed by atoms with Gasteiger partial charge >= 0.3 is 11.9 Å². The minimum atomic E-state index is -1.83. The van der Waals surface area contributed by atoms with E-state index in [-0.39, 0.29) is 118 Å². The molecule has 5 amide bonds. The second kappa shape index (κ2) is 28.5. The van der Waals surface area contributed by atoms with Crippen LogP contribution in [-0.4, -0.2) is 217 Å². The van der Waals surface area contributed by atoms with E-state index in [0.29, 0.717) is 36.6 Å². The summed E-state index contributed by atoms with van der Waals surface area (Å²) in [7, 11) is 3.23. The Bertz CT molecular complexity index is 4620. The van der Waals surface area contributed by atoms with E-state index in [9.17, 15) is 29.8 Å². The van der Waals surface area contributed by atoms with E-state index < -0.39 is 127 Å². The van der Waals surface area contributed by atoms with Gasteiger partial charge in [0.2, 0.25) is 5.91 Å². The van der Waals surface area contributed by atoms with Crippen molar-refractivity contribution in [1.82, 2.24) is 71.0 Å². The molecule has 0 spiro atoms. The highest BCUT2D eigenvalue weighted by atomic mass is 32.1. The molecule has 12 bridgehead atoms. The Labute approximate surface area is 593 Å². The van der Waals surface area contributed by atoms with Gasteiger partial charge in [0.1, 0.15) is 120 Å². The van der Waals surface area contributed by atoms with Gasteiger partial charge in [-0.25, -0.2) is 39.5 Å². The van der Waals surface area contributed by atoms with Crippen molar-refractivity contribution in [1.29, 1.82) is 0 Å². The number of ether oxygens (including phenoxy) is 8. The number of thiazole rings is 5. The molecule has 7 aromatic heterocycles. The zero-order valence-corrected chi connectivity index (χ0v) is 58.8. The van der Waals surface area contributed by atoms with Gasteiger partial charge in [-0.15, -0.1) is 56.7 Å². The molecule has 6 aliphatic rings. The number of carbonyl (C=O) groups is 7. The average Bonchev–Trinajstić information content (AvgIpc) is 1.64. The van der Waals surface area contributed by atoms with Crippen LogP contribution in [0.25, 0.3) is 49.3 Å². The number of carbonyl (C=O) groups excluding carboxylic acids is 7. The summed E-state index contributed by atoms with van der Waals surface area (Å²) in [4.78, 5) is 136. The second-order valence-corrected chi connectivity index (χ2v) is 29.1. The summed E-state index contributed by atoms with van der Waals surface area (Å²) in [6, 6.07) is 1.31. The molecule has 530 valence electrons. The summed E-state index contributed by atoms with van der Waals surface area (Å²) in [6.07, 6.45) is -6.68. The fraction of sp³-hybridized carbons (Fsp3) is 0.422. The Morgan fingerprint density at radius 1 is 0.842 bits per heavy atom. The highest BCUT2D eigenvalue weighted by Crippen LogP contribution is 2.44. The number of cyclic esters (lactones) is 2. The van der Waals surface area contributed by atoms with Crippen molar-refractivity contribution in [2.75, 3.05) is 66.9 Å². The Morgan fingerprint density at radius 2 is 1.54 bits per heavy atom. The molecule has 1 aromatic carbocycles. The molecule has 8 aromatic rings. The number of allylic oxidation sites excluding steroid dienone is 1. The summed E-state index contributed by atoms with van der Waals surface area (Å²) in [5, 5.41) is 57.2. The molecule has 37 heteroatoms. The van der Waals surface area contributed by atoms with Crippen LogP contribution in [0.5, 0.6) is 5.75 Å². The second-order valence-electron chi connectivity index (χ2n) is 24.8. The van der Waals surface area contributed by atoms with Crippen LogP contribution >= 0.6 is 56.7 Å². The van der Waals surface area contributed by atoms with E-state index in [0.717, 1.165) is 69.8 Å². The number of morpholine rings is 1. The SMILES string of the molecule is CO/C(C)=C1/NC(=O)[C@H]([C@@H](C)O)NC(=O)c2csc(n2)-c2cc(O)c(-c3nc(C(=O)NCCN4CCOCC4)cs3)nc2-c2csc(n2)[C@@H]2COC(=O)c3c4c5c(cccc5n3O)COC(=O)[C@@H](O[C@H]3C[C@]5(C)OCN(C)[C@@H]5[C@H](C)O3)[C@@H](OC4)[C@H](NC(=O)c3csc1n3)c1nc(cs1)C(=O)N2. The topological polar surface area (TPSA) is 403 Å². The van der Waals surface area contributed by atoms with Gasteiger partial charge in [0.15, 0.2) is 18.1 Å². The van der Waals surface area contributed by atoms with Gasteiger partial charge in [0.25, 0.3) is 23.6 Å². The van der Waals surface area contributed by atoms with Crippen molar-refractivity contribution in [3.63, 3.8) is 0 Å². The van der Waals surface area contributed by atoms with Gasteiger partial charge in [-0.05, 0) is 52.4 Å². The lowest BCUT2D eigenvalue weighted by Gasteiger charge is -2.45. The Morgan fingerprint density at radius 3 is 2.33 bits per heavy atom. The smallest absolute Gasteiger partial charge is 0.358 e. The van der Waals surface area contributed by atoms with E-state index in [1.165, 1.54) is 54.6 Å². The summed E-state index contributed by atoms with van der Waals surface area (Å²) in [6.45, 7) is 8.71. The molecular weight excluding hydrogens is 1410 g/mol. The van der Waals surface area contributed by atoms with E-state index in [1.54, 1.807) is 17.5 Å². The van der Waals surface area contributed by atoms with E-state index in [1.807, 2.05) is 25.8 Å². The first-order valence-corrected chi connectivity index (χ1v) is 36.2. The molecular formula is C64H66N14O18S5. The molecule has 6 aliphatic heterocycles. The third-order valence-corrected chi connectivity index (χ3v) is 22.5. The highest BCUT2D eigenvalue weighted by molar-refractivity contribution is 7.14. The molecule has 10 atom stereocenters. The monoisotopic (exact) mass is 1480 g/mol. The van der Waals surface area contributed by atoms with Crippen LogP contribution in [0.2, 0.25) is 0 Å². The fourth-order valence-electron chi connectivity index (χ4n) is 13.0. The number of aliphatic hydroxyl groups excluding tert-OH is 1. The summed E-state index contributed by atoms with van der Waals surface area (Å²) in [5.41, 5.74) is -1.26. The van der Waals surface area contributed by atoms with Crippen molar-refractivity contribution in [3.05, 3.63) is 112 Å². The molecule has 8 N–H and O–H groups in total. The van der Waals surface area contributed by atoms with Gasteiger partial charge in [-0.2, -0.15) is 4.73 Å². The zero-order valence-electron chi connectivity index (χ0n) is 54.7.